The zero-order valence-corrected chi connectivity index (χ0v) is 20.5. The van der Waals surface area contributed by atoms with Crippen LogP contribution < -0.4 is 9.47 Å². The molecule has 2 heterocycles. The van der Waals surface area contributed by atoms with Crippen molar-refractivity contribution >= 4 is 29.5 Å². The number of hydrogen-bond acceptors (Lipinski definition) is 10. The number of halogens is 1. The van der Waals surface area contributed by atoms with E-state index in [1.807, 2.05) is 6.08 Å². The molecule has 1 saturated heterocycles. The molecule has 1 aromatic carbocycles. The summed E-state index contributed by atoms with van der Waals surface area (Å²) in [5.74, 6) is -2.17. The summed E-state index contributed by atoms with van der Waals surface area (Å²) in [4.78, 5) is 36.6. The lowest BCUT2D eigenvalue weighted by Crippen LogP contribution is -2.23. The highest BCUT2D eigenvalue weighted by Gasteiger charge is 2.40. The van der Waals surface area contributed by atoms with Crippen LogP contribution in [-0.2, 0) is 35.0 Å². The fourth-order valence-electron chi connectivity index (χ4n) is 3.74. The number of fused-ring (bicyclic) bond motifs is 2. The van der Waals surface area contributed by atoms with Crippen molar-refractivity contribution < 1.29 is 47.9 Å². The molecule has 0 aromatic heterocycles. The first-order valence-electron chi connectivity index (χ1n) is 11.2. The van der Waals surface area contributed by atoms with E-state index in [0.717, 1.165) is 6.42 Å². The van der Waals surface area contributed by atoms with Gasteiger partial charge < -0.3 is 33.5 Å². The molecule has 0 spiro atoms. The Balaban J connectivity index is 2.04. The fourth-order valence-corrected chi connectivity index (χ4v) is 4.02. The van der Waals surface area contributed by atoms with Crippen LogP contribution in [0.15, 0.2) is 18.2 Å². The van der Waals surface area contributed by atoms with E-state index in [-0.39, 0.29) is 46.3 Å². The molecule has 1 aromatic rings. The number of ether oxygens (including phenoxy) is 6. The van der Waals surface area contributed by atoms with Crippen LogP contribution >= 0.6 is 11.6 Å². The highest BCUT2D eigenvalue weighted by molar-refractivity contribution is 6.33. The molecule has 0 amide bonds. The van der Waals surface area contributed by atoms with Gasteiger partial charge in [0.05, 0.1) is 37.6 Å². The largest absolute Gasteiger partial charge is 0.481 e. The second kappa shape index (κ2) is 12.2. The number of aliphatic hydroxyl groups is 1. The van der Waals surface area contributed by atoms with Crippen LogP contribution in [0.1, 0.15) is 42.1 Å². The van der Waals surface area contributed by atoms with E-state index in [9.17, 15) is 19.5 Å². The van der Waals surface area contributed by atoms with Crippen LogP contribution in [-0.4, -0.2) is 74.9 Å². The molecule has 2 aliphatic rings. The average Bonchev–Trinajstić information content (AvgIpc) is 3.56. The van der Waals surface area contributed by atoms with Gasteiger partial charge in [0.2, 0.25) is 0 Å². The van der Waals surface area contributed by atoms with Gasteiger partial charge in [-0.15, -0.1) is 0 Å². The maximum Gasteiger partial charge on any atom is 0.343 e. The van der Waals surface area contributed by atoms with Crippen LogP contribution in [0.25, 0.3) is 0 Å². The first-order chi connectivity index (χ1) is 16.7. The van der Waals surface area contributed by atoms with E-state index in [1.54, 1.807) is 13.0 Å². The summed E-state index contributed by atoms with van der Waals surface area (Å²) in [6.45, 7) is 0.781. The maximum atomic E-state index is 13.3. The Morgan fingerprint density at radius 1 is 1.11 bits per heavy atom. The number of carbonyl (C=O) groups is 3. The summed E-state index contributed by atoms with van der Waals surface area (Å²) in [7, 11) is 2.40. The number of methoxy groups -OCH3 is 2. The van der Waals surface area contributed by atoms with Gasteiger partial charge in [-0.05, 0) is 25.3 Å². The normalized spacial score (nSPS) is 25.1. The van der Waals surface area contributed by atoms with Crippen LogP contribution in [0, 0.1) is 0 Å². The van der Waals surface area contributed by atoms with Gasteiger partial charge in [0, 0.05) is 18.9 Å². The number of hydrogen-bond donors (Lipinski definition) is 1. The van der Waals surface area contributed by atoms with E-state index in [2.05, 4.69) is 9.47 Å². The number of benzene rings is 1. The van der Waals surface area contributed by atoms with Crippen LogP contribution in [0.3, 0.4) is 0 Å². The highest BCUT2D eigenvalue weighted by Crippen LogP contribution is 2.40. The molecule has 35 heavy (non-hydrogen) atoms. The highest BCUT2D eigenvalue weighted by atomic mass is 35.5. The quantitative estimate of drug-likeness (QED) is 0.262. The van der Waals surface area contributed by atoms with Gasteiger partial charge in [0.25, 0.3) is 0 Å². The summed E-state index contributed by atoms with van der Waals surface area (Å²) in [5, 5.41) is 10.6. The zero-order valence-electron chi connectivity index (χ0n) is 19.8. The molecule has 4 atom stereocenters. The molecule has 1 fully saturated rings. The lowest BCUT2D eigenvalue weighted by Gasteiger charge is -2.21. The number of esters is 3. The molecule has 2 aliphatic heterocycles. The number of allylic oxidation sites excluding steroid dienone is 1. The van der Waals surface area contributed by atoms with Gasteiger partial charge in [-0.2, -0.15) is 0 Å². The van der Waals surface area contributed by atoms with E-state index in [4.69, 9.17) is 30.5 Å². The standard InChI is InChI=1S/C24H29ClO10/c1-13-8-17-16(35-17)7-5-4-6-14(26)9-15-22(24(29)34-13)18(32-11-20(27)30-2)10-19(23(15)25)33-12-21(28)31-3/h4,6,10,13-14,16-17,26H,5,7-9,11-12H2,1-3H3/b6-4+/t13-,14+,16+,17-/m1/s1. The van der Waals surface area contributed by atoms with E-state index < -0.39 is 43.3 Å². The predicted octanol–water partition coefficient (Wildman–Crippen LogP) is 2.40. The molecule has 1 N–H and O–H groups in total. The summed E-state index contributed by atoms with van der Waals surface area (Å²) in [6.07, 6.45) is 4.00. The van der Waals surface area contributed by atoms with Crippen LogP contribution in [0.4, 0.5) is 0 Å². The Kier molecular flexibility index (Phi) is 9.36. The fraction of sp³-hybridized carbons (Fsp3) is 0.542. The second-order valence-electron chi connectivity index (χ2n) is 8.21. The molecular formula is C24H29ClO10. The SMILES string of the molecule is COC(=O)COc1cc(OCC(=O)OC)c2c(c1Cl)C[C@@H](O)/C=C/CC[C@@H]1O[C@@H]1C[C@@H](C)OC2=O. The van der Waals surface area contributed by atoms with Gasteiger partial charge in [-0.25, -0.2) is 14.4 Å². The summed E-state index contributed by atoms with van der Waals surface area (Å²) in [6, 6.07) is 1.28. The summed E-state index contributed by atoms with van der Waals surface area (Å²) >= 11 is 6.58. The van der Waals surface area contributed by atoms with E-state index >= 15 is 0 Å². The Morgan fingerprint density at radius 2 is 1.77 bits per heavy atom. The molecule has 0 saturated carbocycles. The number of aliphatic hydroxyl groups excluding tert-OH is 1. The van der Waals surface area contributed by atoms with Gasteiger partial charge in [0.1, 0.15) is 23.2 Å². The third-order valence-corrected chi connectivity index (χ3v) is 6.01. The Bertz CT molecular complexity index is 976. The molecule has 0 radical (unpaired) electrons. The third-order valence-electron chi connectivity index (χ3n) is 5.59. The number of rotatable bonds is 6. The predicted molar refractivity (Wildman–Crippen MR) is 123 cm³/mol. The van der Waals surface area contributed by atoms with E-state index in [0.29, 0.717) is 12.8 Å². The maximum absolute atomic E-state index is 13.3. The van der Waals surface area contributed by atoms with E-state index in [1.165, 1.54) is 20.3 Å². The number of carbonyl (C=O) groups excluding carboxylic acids is 3. The third kappa shape index (κ3) is 7.33. The van der Waals surface area contributed by atoms with Crippen LogP contribution in [0.2, 0.25) is 5.02 Å². The topological polar surface area (TPSA) is 130 Å². The van der Waals surface area contributed by atoms with Gasteiger partial charge in [0.15, 0.2) is 13.2 Å². The molecule has 10 nitrogen and oxygen atoms in total. The van der Waals surface area contributed by atoms with Crippen molar-refractivity contribution in [3.8, 4) is 11.5 Å². The van der Waals surface area contributed by atoms with Gasteiger partial charge in [-0.3, -0.25) is 0 Å². The molecule has 0 aliphatic carbocycles. The van der Waals surface area contributed by atoms with Gasteiger partial charge >= 0.3 is 17.9 Å². The minimum atomic E-state index is -1.00. The molecule has 0 bridgehead atoms. The second-order valence-corrected chi connectivity index (χ2v) is 8.59. The first kappa shape index (κ1) is 26.8. The summed E-state index contributed by atoms with van der Waals surface area (Å²) in [5.41, 5.74) is 0.120. The van der Waals surface area contributed by atoms with Gasteiger partial charge in [-0.1, -0.05) is 23.8 Å². The minimum absolute atomic E-state index is 0.00282. The number of cyclic esters (lactones) is 1. The molecule has 192 valence electrons. The van der Waals surface area contributed by atoms with Crippen molar-refractivity contribution in [2.75, 3.05) is 27.4 Å². The zero-order chi connectivity index (χ0) is 25.5. The van der Waals surface area contributed by atoms with Crippen molar-refractivity contribution in [3.63, 3.8) is 0 Å². The van der Waals surface area contributed by atoms with Crippen molar-refractivity contribution in [2.24, 2.45) is 0 Å². The van der Waals surface area contributed by atoms with Crippen molar-refractivity contribution in [1.82, 2.24) is 0 Å². The van der Waals surface area contributed by atoms with Crippen LogP contribution in [0.5, 0.6) is 11.5 Å². The summed E-state index contributed by atoms with van der Waals surface area (Å²) < 4.78 is 31.6. The minimum Gasteiger partial charge on any atom is -0.481 e. The van der Waals surface area contributed by atoms with Crippen molar-refractivity contribution in [2.45, 2.75) is 57.0 Å². The monoisotopic (exact) mass is 512 g/mol. The molecular weight excluding hydrogens is 484 g/mol. The molecule has 0 unspecified atom stereocenters. The lowest BCUT2D eigenvalue weighted by molar-refractivity contribution is -0.143. The number of epoxide rings is 1. The Morgan fingerprint density at radius 3 is 2.43 bits per heavy atom. The van der Waals surface area contributed by atoms with Crippen molar-refractivity contribution in [3.05, 3.63) is 34.4 Å². The smallest absolute Gasteiger partial charge is 0.343 e. The Labute approximate surface area is 208 Å². The Hall–Kier alpha value is -2.82. The lowest BCUT2D eigenvalue weighted by atomic mass is 9.98. The average molecular weight is 513 g/mol. The first-order valence-corrected chi connectivity index (χ1v) is 11.6. The van der Waals surface area contributed by atoms with Crippen molar-refractivity contribution in [1.29, 1.82) is 0 Å². The molecule has 11 heteroatoms. The molecule has 3 rings (SSSR count).